The molecule has 4 nitrogen and oxygen atoms in total. The van der Waals surface area contributed by atoms with Crippen molar-refractivity contribution in [2.75, 3.05) is 11.9 Å². The number of para-hydroxylation sites is 2. The lowest BCUT2D eigenvalue weighted by molar-refractivity contribution is -0.114. The first-order valence-corrected chi connectivity index (χ1v) is 5.20. The fourth-order valence-electron chi connectivity index (χ4n) is 1.19. The van der Waals surface area contributed by atoms with Crippen LogP contribution in [0.3, 0.4) is 0 Å². The summed E-state index contributed by atoms with van der Waals surface area (Å²) < 4.78 is 5.72. The average Bonchev–Trinajstić information content (AvgIpc) is 2.18. The fourth-order valence-corrected chi connectivity index (χ4v) is 1.19. The van der Waals surface area contributed by atoms with E-state index < -0.39 is 0 Å². The molecule has 0 aromatic heterocycles. The topological polar surface area (TPSA) is 64.3 Å². The van der Waals surface area contributed by atoms with E-state index in [9.17, 15) is 4.79 Å². The van der Waals surface area contributed by atoms with Gasteiger partial charge in [-0.05, 0) is 32.9 Å². The van der Waals surface area contributed by atoms with Crippen LogP contribution in [0.2, 0.25) is 0 Å². The Morgan fingerprint density at radius 3 is 2.56 bits per heavy atom. The summed E-state index contributed by atoms with van der Waals surface area (Å²) in [7, 11) is 0. The van der Waals surface area contributed by atoms with Crippen LogP contribution < -0.4 is 15.8 Å². The Morgan fingerprint density at radius 2 is 2.00 bits per heavy atom. The molecule has 0 aliphatic rings. The lowest BCUT2D eigenvalue weighted by atomic mass is 10.2. The number of ether oxygens (including phenoxy) is 1. The van der Waals surface area contributed by atoms with Crippen LogP contribution in [0.5, 0.6) is 5.75 Å². The Balaban J connectivity index is 2.87. The predicted molar refractivity (Wildman–Crippen MR) is 64.5 cm³/mol. The number of anilines is 1. The van der Waals surface area contributed by atoms with Crippen LogP contribution in [0.4, 0.5) is 5.69 Å². The molecule has 0 spiro atoms. The summed E-state index contributed by atoms with van der Waals surface area (Å²) in [4.78, 5) is 11.2. The monoisotopic (exact) mass is 222 g/mol. The molecule has 3 N–H and O–H groups in total. The van der Waals surface area contributed by atoms with E-state index in [-0.39, 0.29) is 18.1 Å². The highest BCUT2D eigenvalue weighted by molar-refractivity contribution is 5.93. The molecule has 0 aliphatic carbocycles. The number of carbonyl (C=O) groups excluding carboxylic acids is 1. The molecule has 0 heterocycles. The van der Waals surface area contributed by atoms with Crippen LogP contribution in [-0.4, -0.2) is 18.1 Å². The standard InChI is InChI=1S/C12H18N2O2/c1-12(2,3)16-10-7-5-4-6-9(10)14-11(15)8-13/h4-7H,8,13H2,1-3H3,(H,14,15). The highest BCUT2D eigenvalue weighted by Crippen LogP contribution is 2.27. The summed E-state index contributed by atoms with van der Waals surface area (Å²) in [6.07, 6.45) is 0. The normalized spacial score (nSPS) is 11.0. The smallest absolute Gasteiger partial charge is 0.238 e. The van der Waals surface area contributed by atoms with Crippen LogP contribution in [0.1, 0.15) is 20.8 Å². The van der Waals surface area contributed by atoms with E-state index in [1.165, 1.54) is 0 Å². The lowest BCUT2D eigenvalue weighted by Crippen LogP contribution is -2.25. The van der Waals surface area contributed by atoms with Crippen LogP contribution in [0.15, 0.2) is 24.3 Å². The summed E-state index contributed by atoms with van der Waals surface area (Å²) in [5.74, 6) is 0.418. The van der Waals surface area contributed by atoms with Crippen molar-refractivity contribution >= 4 is 11.6 Å². The number of benzene rings is 1. The van der Waals surface area contributed by atoms with Gasteiger partial charge in [-0.1, -0.05) is 12.1 Å². The van der Waals surface area contributed by atoms with Gasteiger partial charge in [0.2, 0.25) is 5.91 Å². The van der Waals surface area contributed by atoms with Crippen LogP contribution >= 0.6 is 0 Å². The molecule has 4 heteroatoms. The molecule has 88 valence electrons. The van der Waals surface area contributed by atoms with E-state index in [2.05, 4.69) is 5.32 Å². The Hall–Kier alpha value is -1.55. The highest BCUT2D eigenvalue weighted by atomic mass is 16.5. The van der Waals surface area contributed by atoms with Gasteiger partial charge in [-0.15, -0.1) is 0 Å². The van der Waals surface area contributed by atoms with Gasteiger partial charge in [0, 0.05) is 0 Å². The molecule has 0 unspecified atom stereocenters. The minimum Gasteiger partial charge on any atom is -0.486 e. The molecule has 16 heavy (non-hydrogen) atoms. The second-order valence-corrected chi connectivity index (χ2v) is 4.46. The molecule has 0 radical (unpaired) electrons. The van der Waals surface area contributed by atoms with Gasteiger partial charge in [0.25, 0.3) is 0 Å². The molecule has 1 aromatic carbocycles. The summed E-state index contributed by atoms with van der Waals surface area (Å²) >= 11 is 0. The predicted octanol–water partition coefficient (Wildman–Crippen LogP) is 1.76. The van der Waals surface area contributed by atoms with Crippen molar-refractivity contribution in [1.82, 2.24) is 0 Å². The zero-order chi connectivity index (χ0) is 12.2. The first-order chi connectivity index (χ1) is 7.42. The Morgan fingerprint density at radius 1 is 1.38 bits per heavy atom. The Kier molecular flexibility index (Phi) is 3.90. The third kappa shape index (κ3) is 3.90. The molecule has 0 aliphatic heterocycles. The first-order valence-electron chi connectivity index (χ1n) is 5.20. The molecule has 1 amide bonds. The zero-order valence-electron chi connectivity index (χ0n) is 9.91. The first kappa shape index (κ1) is 12.5. The van der Waals surface area contributed by atoms with Gasteiger partial charge in [-0.3, -0.25) is 4.79 Å². The minimum absolute atomic E-state index is 0.0378. The molecular weight excluding hydrogens is 204 g/mol. The highest BCUT2D eigenvalue weighted by Gasteiger charge is 2.14. The van der Waals surface area contributed by atoms with Crippen molar-refractivity contribution in [2.45, 2.75) is 26.4 Å². The Labute approximate surface area is 95.8 Å². The van der Waals surface area contributed by atoms with Gasteiger partial charge < -0.3 is 15.8 Å². The third-order valence-corrected chi connectivity index (χ3v) is 1.76. The maximum Gasteiger partial charge on any atom is 0.238 e. The van der Waals surface area contributed by atoms with Gasteiger partial charge in [0.05, 0.1) is 12.2 Å². The van der Waals surface area contributed by atoms with Crippen LogP contribution in [0.25, 0.3) is 0 Å². The van der Waals surface area contributed by atoms with Crippen molar-refractivity contribution < 1.29 is 9.53 Å². The van der Waals surface area contributed by atoms with Crippen molar-refractivity contribution in [3.63, 3.8) is 0 Å². The van der Waals surface area contributed by atoms with Crippen molar-refractivity contribution in [3.05, 3.63) is 24.3 Å². The number of rotatable bonds is 3. The SMILES string of the molecule is CC(C)(C)Oc1ccccc1NC(=O)CN. The lowest BCUT2D eigenvalue weighted by Gasteiger charge is -2.23. The molecule has 0 bridgehead atoms. The molecule has 0 atom stereocenters. The number of nitrogens with one attached hydrogen (secondary N) is 1. The number of carbonyl (C=O) groups is 1. The number of hydrogen-bond donors (Lipinski definition) is 2. The summed E-state index contributed by atoms with van der Waals surface area (Å²) in [5.41, 5.74) is 5.59. The fraction of sp³-hybridized carbons (Fsp3) is 0.417. The molecule has 1 rings (SSSR count). The number of nitrogens with two attached hydrogens (primary N) is 1. The van der Waals surface area contributed by atoms with E-state index in [1.807, 2.05) is 39.0 Å². The van der Waals surface area contributed by atoms with Crippen molar-refractivity contribution in [3.8, 4) is 5.75 Å². The van der Waals surface area contributed by atoms with Gasteiger partial charge >= 0.3 is 0 Å². The molecule has 0 fully saturated rings. The van der Waals surface area contributed by atoms with Crippen molar-refractivity contribution in [2.24, 2.45) is 5.73 Å². The van der Waals surface area contributed by atoms with E-state index >= 15 is 0 Å². The van der Waals surface area contributed by atoms with Crippen molar-refractivity contribution in [1.29, 1.82) is 0 Å². The van der Waals surface area contributed by atoms with E-state index in [0.29, 0.717) is 11.4 Å². The van der Waals surface area contributed by atoms with Gasteiger partial charge in [0.15, 0.2) is 0 Å². The second kappa shape index (κ2) is 4.99. The molecular formula is C12H18N2O2. The van der Waals surface area contributed by atoms with Crippen LogP contribution in [-0.2, 0) is 4.79 Å². The maximum absolute atomic E-state index is 11.2. The molecule has 0 saturated carbocycles. The van der Waals surface area contributed by atoms with Crippen LogP contribution in [0, 0.1) is 0 Å². The summed E-state index contributed by atoms with van der Waals surface area (Å²) in [5, 5.41) is 2.69. The minimum atomic E-state index is -0.302. The van der Waals surface area contributed by atoms with Gasteiger partial charge in [-0.25, -0.2) is 0 Å². The van der Waals surface area contributed by atoms with Gasteiger partial charge in [-0.2, -0.15) is 0 Å². The second-order valence-electron chi connectivity index (χ2n) is 4.46. The maximum atomic E-state index is 11.2. The van der Waals surface area contributed by atoms with E-state index in [0.717, 1.165) is 0 Å². The summed E-state index contributed by atoms with van der Waals surface area (Å²) in [6.45, 7) is 5.82. The summed E-state index contributed by atoms with van der Waals surface area (Å²) in [6, 6.07) is 7.30. The van der Waals surface area contributed by atoms with E-state index in [4.69, 9.17) is 10.5 Å². The third-order valence-electron chi connectivity index (χ3n) is 1.76. The van der Waals surface area contributed by atoms with Gasteiger partial charge in [0.1, 0.15) is 11.4 Å². The quantitative estimate of drug-likeness (QED) is 0.819. The molecule has 0 saturated heterocycles. The number of hydrogen-bond acceptors (Lipinski definition) is 3. The number of amides is 1. The zero-order valence-corrected chi connectivity index (χ0v) is 9.91. The largest absolute Gasteiger partial charge is 0.486 e. The average molecular weight is 222 g/mol. The van der Waals surface area contributed by atoms with E-state index in [1.54, 1.807) is 6.07 Å². The molecule has 1 aromatic rings. The Bertz CT molecular complexity index is 370.